The third-order valence-electron chi connectivity index (χ3n) is 4.18. The second-order valence-electron chi connectivity index (χ2n) is 5.94. The first-order valence-electron chi connectivity index (χ1n) is 8.12. The van der Waals surface area contributed by atoms with Crippen molar-refractivity contribution in [2.24, 2.45) is 0 Å². The van der Waals surface area contributed by atoms with Crippen LogP contribution in [0.1, 0.15) is 23.3 Å². The third-order valence-corrected chi connectivity index (χ3v) is 5.05. The van der Waals surface area contributed by atoms with Gasteiger partial charge in [0.25, 0.3) is 0 Å². The molecule has 122 valence electrons. The maximum absolute atomic E-state index is 11.9. The van der Waals surface area contributed by atoms with Crippen molar-refractivity contribution in [3.05, 3.63) is 58.3 Å². The molecule has 5 heteroatoms. The van der Waals surface area contributed by atoms with E-state index in [0.717, 1.165) is 32.5 Å². The normalized spacial score (nSPS) is 16.2. The molecule has 2 aromatic rings. The van der Waals surface area contributed by atoms with Gasteiger partial charge in [0.05, 0.1) is 6.54 Å². The van der Waals surface area contributed by atoms with Crippen LogP contribution in [0.3, 0.4) is 0 Å². The number of urea groups is 1. The van der Waals surface area contributed by atoms with E-state index in [1.807, 2.05) is 17.5 Å². The molecule has 1 aliphatic heterocycles. The first kappa shape index (κ1) is 16.0. The molecular weight excluding hydrogens is 306 g/mol. The van der Waals surface area contributed by atoms with Gasteiger partial charge in [0.15, 0.2) is 0 Å². The Morgan fingerprint density at radius 2 is 1.91 bits per heavy atom. The molecule has 1 fully saturated rings. The largest absolute Gasteiger partial charge is 0.335 e. The molecule has 1 aromatic carbocycles. The lowest BCUT2D eigenvalue weighted by Gasteiger charge is -2.32. The highest BCUT2D eigenvalue weighted by molar-refractivity contribution is 7.09. The SMILES string of the molecule is O=C(NCc1cccs1)NC1CCN(Cc2ccccc2)CC1. The summed E-state index contributed by atoms with van der Waals surface area (Å²) in [6.07, 6.45) is 2.03. The van der Waals surface area contributed by atoms with Gasteiger partial charge in [-0.1, -0.05) is 36.4 Å². The molecule has 0 radical (unpaired) electrons. The molecule has 2 N–H and O–H groups in total. The van der Waals surface area contributed by atoms with Crippen LogP contribution >= 0.6 is 11.3 Å². The number of rotatable bonds is 5. The van der Waals surface area contributed by atoms with Crippen molar-refractivity contribution in [2.75, 3.05) is 13.1 Å². The molecule has 4 nitrogen and oxygen atoms in total. The molecule has 0 saturated carbocycles. The number of carbonyl (C=O) groups is 1. The Kier molecular flexibility index (Phi) is 5.66. The lowest BCUT2D eigenvalue weighted by molar-refractivity contribution is 0.186. The van der Waals surface area contributed by atoms with Crippen LogP contribution < -0.4 is 10.6 Å². The van der Waals surface area contributed by atoms with Gasteiger partial charge in [-0.05, 0) is 29.9 Å². The van der Waals surface area contributed by atoms with E-state index < -0.39 is 0 Å². The summed E-state index contributed by atoms with van der Waals surface area (Å²) in [6.45, 7) is 3.67. The van der Waals surface area contributed by atoms with Crippen molar-refractivity contribution in [3.63, 3.8) is 0 Å². The van der Waals surface area contributed by atoms with Gasteiger partial charge < -0.3 is 10.6 Å². The van der Waals surface area contributed by atoms with Gasteiger partial charge in [0.1, 0.15) is 0 Å². The van der Waals surface area contributed by atoms with Gasteiger partial charge in [-0.15, -0.1) is 11.3 Å². The molecule has 1 aromatic heterocycles. The average Bonchev–Trinajstić information content (AvgIpc) is 3.09. The quantitative estimate of drug-likeness (QED) is 0.885. The molecule has 3 rings (SSSR count). The fourth-order valence-electron chi connectivity index (χ4n) is 2.89. The third kappa shape index (κ3) is 5.08. The highest BCUT2D eigenvalue weighted by Gasteiger charge is 2.20. The van der Waals surface area contributed by atoms with Gasteiger partial charge in [-0.3, -0.25) is 4.90 Å². The molecule has 0 bridgehead atoms. The Labute approximate surface area is 141 Å². The monoisotopic (exact) mass is 329 g/mol. The van der Waals surface area contributed by atoms with Gasteiger partial charge in [0, 0.05) is 30.6 Å². The lowest BCUT2D eigenvalue weighted by atomic mass is 10.0. The van der Waals surface area contributed by atoms with Crippen LogP contribution in [-0.4, -0.2) is 30.1 Å². The summed E-state index contributed by atoms with van der Waals surface area (Å²) in [7, 11) is 0. The van der Waals surface area contributed by atoms with Crippen molar-refractivity contribution in [1.82, 2.24) is 15.5 Å². The van der Waals surface area contributed by atoms with Gasteiger partial charge in [-0.2, -0.15) is 0 Å². The second kappa shape index (κ2) is 8.13. The van der Waals surface area contributed by atoms with Crippen molar-refractivity contribution in [2.45, 2.75) is 32.0 Å². The van der Waals surface area contributed by atoms with Crippen molar-refractivity contribution in [3.8, 4) is 0 Å². The summed E-state index contributed by atoms with van der Waals surface area (Å²) in [5, 5.41) is 8.05. The predicted octanol–water partition coefficient (Wildman–Crippen LogP) is 3.21. The topological polar surface area (TPSA) is 44.4 Å². The number of amides is 2. The van der Waals surface area contributed by atoms with E-state index in [2.05, 4.69) is 45.9 Å². The van der Waals surface area contributed by atoms with E-state index in [9.17, 15) is 4.79 Å². The Bertz CT molecular complexity index is 592. The Morgan fingerprint density at radius 1 is 1.13 bits per heavy atom. The number of piperidine rings is 1. The number of benzene rings is 1. The predicted molar refractivity (Wildman–Crippen MR) is 94.4 cm³/mol. The van der Waals surface area contributed by atoms with Gasteiger partial charge in [0.2, 0.25) is 0 Å². The zero-order chi connectivity index (χ0) is 15.9. The first-order valence-corrected chi connectivity index (χ1v) is 9.00. The van der Waals surface area contributed by atoms with Crippen molar-refractivity contribution < 1.29 is 4.79 Å². The van der Waals surface area contributed by atoms with Crippen LogP contribution in [0.2, 0.25) is 0 Å². The van der Waals surface area contributed by atoms with Crippen LogP contribution in [0.4, 0.5) is 4.79 Å². The standard InChI is InChI=1S/C18H23N3OS/c22-18(19-13-17-7-4-12-23-17)20-16-8-10-21(11-9-16)14-15-5-2-1-3-6-15/h1-7,12,16H,8-11,13-14H2,(H2,19,20,22). The van der Waals surface area contributed by atoms with E-state index in [-0.39, 0.29) is 12.1 Å². The van der Waals surface area contributed by atoms with E-state index in [4.69, 9.17) is 0 Å². The fraction of sp³-hybridized carbons (Fsp3) is 0.389. The summed E-state index contributed by atoms with van der Waals surface area (Å²) in [5.41, 5.74) is 1.35. The summed E-state index contributed by atoms with van der Waals surface area (Å²) in [5.74, 6) is 0. The maximum Gasteiger partial charge on any atom is 0.315 e. The van der Waals surface area contributed by atoms with Crippen LogP contribution in [0, 0.1) is 0 Å². The molecular formula is C18H23N3OS. The lowest BCUT2D eigenvalue weighted by Crippen LogP contribution is -2.47. The second-order valence-corrected chi connectivity index (χ2v) is 6.97. The van der Waals surface area contributed by atoms with Gasteiger partial charge in [-0.25, -0.2) is 4.79 Å². The minimum atomic E-state index is -0.0556. The molecule has 2 heterocycles. The number of likely N-dealkylation sites (tertiary alicyclic amines) is 1. The molecule has 1 saturated heterocycles. The van der Waals surface area contributed by atoms with E-state index in [1.54, 1.807) is 11.3 Å². The molecule has 0 spiro atoms. The molecule has 0 unspecified atom stereocenters. The van der Waals surface area contributed by atoms with Gasteiger partial charge >= 0.3 is 6.03 Å². The van der Waals surface area contributed by atoms with Crippen LogP contribution in [-0.2, 0) is 13.1 Å². The molecule has 2 amide bonds. The van der Waals surface area contributed by atoms with Crippen LogP contribution in [0.15, 0.2) is 47.8 Å². The van der Waals surface area contributed by atoms with Crippen molar-refractivity contribution >= 4 is 17.4 Å². The molecule has 23 heavy (non-hydrogen) atoms. The number of carbonyl (C=O) groups excluding carboxylic acids is 1. The summed E-state index contributed by atoms with van der Waals surface area (Å²) in [4.78, 5) is 15.6. The minimum Gasteiger partial charge on any atom is -0.335 e. The van der Waals surface area contributed by atoms with E-state index in [0.29, 0.717) is 6.54 Å². The van der Waals surface area contributed by atoms with E-state index in [1.165, 1.54) is 10.4 Å². The number of nitrogens with zero attached hydrogens (tertiary/aromatic N) is 1. The number of thiophene rings is 1. The van der Waals surface area contributed by atoms with Crippen LogP contribution in [0.5, 0.6) is 0 Å². The summed E-state index contributed by atoms with van der Waals surface area (Å²) < 4.78 is 0. The Morgan fingerprint density at radius 3 is 2.61 bits per heavy atom. The molecule has 1 aliphatic rings. The Hall–Kier alpha value is -1.85. The smallest absolute Gasteiger partial charge is 0.315 e. The summed E-state index contributed by atoms with van der Waals surface area (Å²) >= 11 is 1.66. The average molecular weight is 329 g/mol. The number of hydrogen-bond donors (Lipinski definition) is 2. The van der Waals surface area contributed by atoms with Crippen LogP contribution in [0.25, 0.3) is 0 Å². The minimum absolute atomic E-state index is 0.0556. The van der Waals surface area contributed by atoms with E-state index >= 15 is 0 Å². The Balaban J connectivity index is 1.36. The number of nitrogens with one attached hydrogen (secondary N) is 2. The highest BCUT2D eigenvalue weighted by atomic mass is 32.1. The summed E-state index contributed by atoms with van der Waals surface area (Å²) in [6, 6.07) is 14.8. The fourth-order valence-corrected chi connectivity index (χ4v) is 3.54. The maximum atomic E-state index is 11.9. The first-order chi connectivity index (χ1) is 11.3. The van der Waals surface area contributed by atoms with Crippen molar-refractivity contribution in [1.29, 1.82) is 0 Å². The highest BCUT2D eigenvalue weighted by Crippen LogP contribution is 2.14. The number of hydrogen-bond acceptors (Lipinski definition) is 3. The molecule has 0 aliphatic carbocycles. The zero-order valence-electron chi connectivity index (χ0n) is 13.2. The zero-order valence-corrected chi connectivity index (χ0v) is 14.0. The molecule has 0 atom stereocenters.